The number of H-pyrrole nitrogens is 1. The highest BCUT2D eigenvalue weighted by atomic mass is 32.2. The number of aromatic amines is 1. The fourth-order valence-corrected chi connectivity index (χ4v) is 4.20. The van der Waals surface area contributed by atoms with Gasteiger partial charge < -0.3 is 14.3 Å². The van der Waals surface area contributed by atoms with Crippen LogP contribution in [0.5, 0.6) is 0 Å². The van der Waals surface area contributed by atoms with E-state index in [0.717, 1.165) is 33.1 Å². The lowest BCUT2D eigenvalue weighted by molar-refractivity contribution is 0.102. The van der Waals surface area contributed by atoms with Crippen LogP contribution in [0, 0.1) is 20.8 Å². The van der Waals surface area contributed by atoms with E-state index in [4.69, 9.17) is 4.74 Å². The monoisotopic (exact) mass is 371 g/mol. The zero-order valence-electron chi connectivity index (χ0n) is 15.9. The average molecular weight is 372 g/mol. The number of nitrogens with zero attached hydrogens (tertiary/aromatic N) is 2. The summed E-state index contributed by atoms with van der Waals surface area (Å²) in [6.07, 6.45) is 0. The van der Waals surface area contributed by atoms with Gasteiger partial charge in [-0.3, -0.25) is 4.79 Å². The summed E-state index contributed by atoms with van der Waals surface area (Å²) in [6, 6.07) is 8.29. The number of benzene rings is 1. The van der Waals surface area contributed by atoms with Crippen molar-refractivity contribution < 1.29 is 9.53 Å². The Balaban J connectivity index is 1.74. The maximum absolute atomic E-state index is 12.7. The normalized spacial score (nSPS) is 12.7. The van der Waals surface area contributed by atoms with Gasteiger partial charge in [0.05, 0.1) is 29.4 Å². The fourth-order valence-electron chi connectivity index (χ4n) is 3.43. The summed E-state index contributed by atoms with van der Waals surface area (Å²) in [5, 5.41) is 0.778. The number of fused-ring (bicyclic) bond motifs is 1. The lowest BCUT2D eigenvalue weighted by atomic mass is 10.2. The van der Waals surface area contributed by atoms with Crippen molar-refractivity contribution in [2.75, 3.05) is 19.5 Å². The Hall–Kier alpha value is -2.05. The third-order valence-corrected chi connectivity index (χ3v) is 5.46. The van der Waals surface area contributed by atoms with Crippen LogP contribution < -0.4 is 0 Å². The van der Waals surface area contributed by atoms with Crippen LogP contribution >= 0.6 is 11.8 Å². The molecule has 138 valence electrons. The molecule has 6 heteroatoms. The minimum atomic E-state index is 0.121. The molecule has 0 fully saturated rings. The molecule has 1 aromatic carbocycles. The molecule has 0 spiro atoms. The van der Waals surface area contributed by atoms with E-state index in [0.29, 0.717) is 12.4 Å². The van der Waals surface area contributed by atoms with Gasteiger partial charge in [-0.25, -0.2) is 4.98 Å². The smallest absolute Gasteiger partial charge is 0.175 e. The molecule has 0 aliphatic heterocycles. The second-order valence-corrected chi connectivity index (χ2v) is 7.70. The molecular weight excluding hydrogens is 346 g/mol. The van der Waals surface area contributed by atoms with Gasteiger partial charge in [0.25, 0.3) is 0 Å². The third-order valence-electron chi connectivity index (χ3n) is 4.59. The predicted octanol–water partition coefficient (Wildman–Crippen LogP) is 4.47. The van der Waals surface area contributed by atoms with Crippen LogP contribution in [0.4, 0.5) is 0 Å². The molecule has 2 aromatic heterocycles. The van der Waals surface area contributed by atoms with Gasteiger partial charge in [0.15, 0.2) is 10.9 Å². The van der Waals surface area contributed by atoms with Crippen molar-refractivity contribution in [2.24, 2.45) is 0 Å². The molecule has 2 heterocycles. The summed E-state index contributed by atoms with van der Waals surface area (Å²) >= 11 is 1.45. The van der Waals surface area contributed by atoms with Gasteiger partial charge in [-0.15, -0.1) is 0 Å². The van der Waals surface area contributed by atoms with Crippen molar-refractivity contribution in [3.63, 3.8) is 0 Å². The Labute approximate surface area is 158 Å². The Morgan fingerprint density at radius 3 is 2.81 bits per heavy atom. The molecule has 0 unspecified atom stereocenters. The van der Waals surface area contributed by atoms with Crippen LogP contribution in [0.3, 0.4) is 0 Å². The summed E-state index contributed by atoms with van der Waals surface area (Å²) in [5.41, 5.74) is 5.98. The number of ketones is 1. The molecule has 3 rings (SSSR count). The topological polar surface area (TPSA) is 59.9 Å². The molecule has 1 atom stereocenters. The molecule has 1 N–H and O–H groups in total. The van der Waals surface area contributed by atoms with Gasteiger partial charge in [-0.2, -0.15) is 0 Å². The van der Waals surface area contributed by atoms with Crippen molar-refractivity contribution in [1.82, 2.24) is 14.5 Å². The number of nitrogens with one attached hydrogen (secondary N) is 1. The standard InChI is InChI=1S/C20H25N3O2S/c1-12-6-7-17-18(8-12)22-20(21-17)26-11-19(24)16-9-13(2)23(15(16)4)14(3)10-25-5/h6-9,14H,10-11H2,1-5H3,(H,21,22)/t14-/m0/s1. The molecule has 26 heavy (non-hydrogen) atoms. The summed E-state index contributed by atoms with van der Waals surface area (Å²) in [7, 11) is 1.70. The first-order valence-corrected chi connectivity index (χ1v) is 9.69. The van der Waals surface area contributed by atoms with Crippen molar-refractivity contribution in [2.45, 2.75) is 38.9 Å². The first-order valence-electron chi connectivity index (χ1n) is 8.70. The van der Waals surface area contributed by atoms with Crippen molar-refractivity contribution in [3.8, 4) is 0 Å². The summed E-state index contributed by atoms with van der Waals surface area (Å²) in [4.78, 5) is 20.6. The van der Waals surface area contributed by atoms with Crippen LogP contribution in [-0.4, -0.2) is 39.8 Å². The number of ether oxygens (including phenoxy) is 1. The van der Waals surface area contributed by atoms with Crippen LogP contribution in [0.25, 0.3) is 11.0 Å². The molecule has 0 aliphatic carbocycles. The number of rotatable bonds is 7. The minimum Gasteiger partial charge on any atom is -0.383 e. The SMILES string of the molecule is COC[C@H](C)n1c(C)cc(C(=O)CSc2nc3ccc(C)cc3[nH]2)c1C. The van der Waals surface area contributed by atoms with Crippen LogP contribution in [0.1, 0.15) is 40.3 Å². The Morgan fingerprint density at radius 1 is 1.31 bits per heavy atom. The number of Topliss-reactive ketones (excluding diaryl/α,β-unsaturated/α-hetero) is 1. The van der Waals surface area contributed by atoms with Gasteiger partial charge in [0, 0.05) is 24.1 Å². The highest BCUT2D eigenvalue weighted by Gasteiger charge is 2.19. The number of methoxy groups -OCH3 is 1. The van der Waals surface area contributed by atoms with Gasteiger partial charge >= 0.3 is 0 Å². The number of aryl methyl sites for hydroxylation is 2. The summed E-state index contributed by atoms with van der Waals surface area (Å²) < 4.78 is 7.43. The van der Waals surface area contributed by atoms with Gasteiger partial charge in [0.2, 0.25) is 0 Å². The van der Waals surface area contributed by atoms with E-state index in [-0.39, 0.29) is 11.8 Å². The first-order chi connectivity index (χ1) is 12.4. The number of hydrogen-bond donors (Lipinski definition) is 1. The van der Waals surface area contributed by atoms with Crippen molar-refractivity contribution in [1.29, 1.82) is 0 Å². The van der Waals surface area contributed by atoms with Crippen LogP contribution in [-0.2, 0) is 4.74 Å². The zero-order valence-corrected chi connectivity index (χ0v) is 16.7. The summed E-state index contributed by atoms with van der Waals surface area (Å²) in [6.45, 7) is 8.81. The van der Waals surface area contributed by atoms with Crippen LogP contribution in [0.2, 0.25) is 0 Å². The molecule has 5 nitrogen and oxygen atoms in total. The number of thioether (sulfide) groups is 1. The number of imidazole rings is 1. The zero-order chi connectivity index (χ0) is 18.8. The first kappa shape index (κ1) is 18.7. The largest absolute Gasteiger partial charge is 0.383 e. The Kier molecular flexibility index (Phi) is 5.53. The number of carbonyl (C=O) groups is 1. The average Bonchev–Trinajstić information content (AvgIpc) is 3.12. The second-order valence-electron chi connectivity index (χ2n) is 6.73. The van der Waals surface area contributed by atoms with E-state index in [2.05, 4.69) is 34.4 Å². The van der Waals surface area contributed by atoms with E-state index >= 15 is 0 Å². The third kappa shape index (κ3) is 3.71. The molecule has 0 bridgehead atoms. The number of aromatic nitrogens is 3. The Bertz CT molecular complexity index is 942. The minimum absolute atomic E-state index is 0.121. The van der Waals surface area contributed by atoms with E-state index in [1.54, 1.807) is 7.11 Å². The van der Waals surface area contributed by atoms with Crippen LogP contribution in [0.15, 0.2) is 29.4 Å². The van der Waals surface area contributed by atoms with E-state index in [9.17, 15) is 4.79 Å². The van der Waals surface area contributed by atoms with Gasteiger partial charge in [-0.05, 0) is 51.5 Å². The maximum Gasteiger partial charge on any atom is 0.175 e. The molecule has 0 saturated heterocycles. The fraction of sp³-hybridized carbons (Fsp3) is 0.400. The quantitative estimate of drug-likeness (QED) is 0.492. The predicted molar refractivity (Wildman–Crippen MR) is 106 cm³/mol. The summed E-state index contributed by atoms with van der Waals surface area (Å²) in [5.74, 6) is 0.484. The molecular formula is C20H25N3O2S. The van der Waals surface area contributed by atoms with E-state index in [1.807, 2.05) is 32.0 Å². The van der Waals surface area contributed by atoms with E-state index < -0.39 is 0 Å². The maximum atomic E-state index is 12.7. The van der Waals surface area contributed by atoms with Crippen molar-refractivity contribution in [3.05, 3.63) is 46.8 Å². The second kappa shape index (κ2) is 7.68. The van der Waals surface area contributed by atoms with Gasteiger partial charge in [-0.1, -0.05) is 17.8 Å². The number of carbonyl (C=O) groups excluding carboxylic acids is 1. The van der Waals surface area contributed by atoms with Gasteiger partial charge in [0.1, 0.15) is 0 Å². The Morgan fingerprint density at radius 2 is 2.08 bits per heavy atom. The molecule has 3 aromatic rings. The van der Waals surface area contributed by atoms with E-state index in [1.165, 1.54) is 17.3 Å². The lowest BCUT2D eigenvalue weighted by Crippen LogP contribution is -2.14. The highest BCUT2D eigenvalue weighted by molar-refractivity contribution is 7.99. The lowest BCUT2D eigenvalue weighted by Gasteiger charge is -2.17. The molecule has 0 radical (unpaired) electrons. The molecule has 0 aliphatic rings. The number of hydrogen-bond acceptors (Lipinski definition) is 4. The highest BCUT2D eigenvalue weighted by Crippen LogP contribution is 2.25. The molecule has 0 saturated carbocycles. The molecule has 0 amide bonds. The van der Waals surface area contributed by atoms with Crippen molar-refractivity contribution >= 4 is 28.6 Å².